The van der Waals surface area contributed by atoms with E-state index in [1.54, 1.807) is 4.88 Å². The highest BCUT2D eigenvalue weighted by Gasteiger charge is 2.40. The molecule has 3 rings (SSSR count). The van der Waals surface area contributed by atoms with E-state index in [2.05, 4.69) is 27.7 Å². The summed E-state index contributed by atoms with van der Waals surface area (Å²) < 4.78 is 0. The lowest BCUT2D eigenvalue weighted by molar-refractivity contribution is 0.0389. The Kier molecular flexibility index (Phi) is 3.50. The molecular weight excluding hydrogens is 228 g/mol. The highest BCUT2D eigenvalue weighted by molar-refractivity contribution is 7.10. The molecule has 0 amide bonds. The summed E-state index contributed by atoms with van der Waals surface area (Å²) in [7, 11) is 0. The standard InChI is InChI=1S/C14H22N2S/c1-2-10-16(11-3-1)14(6-8-15-9-7-14)13-5-4-12-17-13/h4-5,12,15H,1-3,6-11H2. The molecule has 0 atom stereocenters. The van der Waals surface area contributed by atoms with Crippen molar-refractivity contribution in [2.75, 3.05) is 26.2 Å². The fourth-order valence-electron chi connectivity index (χ4n) is 3.42. The number of likely N-dealkylation sites (tertiary alicyclic amines) is 1. The van der Waals surface area contributed by atoms with Crippen LogP contribution in [0, 0.1) is 0 Å². The maximum Gasteiger partial charge on any atom is 0.0577 e. The van der Waals surface area contributed by atoms with Gasteiger partial charge in [0.05, 0.1) is 5.54 Å². The van der Waals surface area contributed by atoms with Crippen LogP contribution in [-0.4, -0.2) is 31.1 Å². The largest absolute Gasteiger partial charge is 0.317 e. The zero-order valence-corrected chi connectivity index (χ0v) is 11.3. The van der Waals surface area contributed by atoms with E-state index in [0.717, 1.165) is 0 Å². The second-order valence-corrected chi connectivity index (χ2v) is 6.25. The molecule has 0 spiro atoms. The van der Waals surface area contributed by atoms with Gasteiger partial charge in [-0.2, -0.15) is 0 Å². The maximum absolute atomic E-state index is 3.52. The summed E-state index contributed by atoms with van der Waals surface area (Å²) >= 11 is 1.95. The number of nitrogens with one attached hydrogen (secondary N) is 1. The molecule has 0 bridgehead atoms. The zero-order valence-electron chi connectivity index (χ0n) is 10.5. The molecule has 3 heterocycles. The van der Waals surface area contributed by atoms with E-state index in [4.69, 9.17) is 0 Å². The van der Waals surface area contributed by atoms with Crippen molar-refractivity contribution in [3.8, 4) is 0 Å². The third-order valence-electron chi connectivity index (χ3n) is 4.37. The smallest absolute Gasteiger partial charge is 0.0577 e. The topological polar surface area (TPSA) is 15.3 Å². The summed E-state index contributed by atoms with van der Waals surface area (Å²) in [5.41, 5.74) is 0.361. The van der Waals surface area contributed by atoms with Gasteiger partial charge in [-0.1, -0.05) is 12.5 Å². The van der Waals surface area contributed by atoms with E-state index >= 15 is 0 Å². The fraction of sp³-hybridized carbons (Fsp3) is 0.714. The molecule has 1 aromatic heterocycles. The fourth-order valence-corrected chi connectivity index (χ4v) is 4.44. The summed E-state index contributed by atoms with van der Waals surface area (Å²) in [6, 6.07) is 4.57. The normalized spacial score (nSPS) is 25.9. The van der Waals surface area contributed by atoms with Crippen molar-refractivity contribution in [1.82, 2.24) is 10.2 Å². The Hall–Kier alpha value is -0.380. The van der Waals surface area contributed by atoms with E-state index in [9.17, 15) is 0 Å². The average Bonchev–Trinajstić information content (AvgIpc) is 2.95. The van der Waals surface area contributed by atoms with Gasteiger partial charge in [-0.3, -0.25) is 4.90 Å². The first-order valence-corrected chi connectivity index (χ1v) is 7.80. The molecule has 3 heteroatoms. The molecule has 0 aromatic carbocycles. The van der Waals surface area contributed by atoms with Crippen LogP contribution in [0.1, 0.15) is 37.0 Å². The molecule has 2 saturated heterocycles. The lowest BCUT2D eigenvalue weighted by atomic mass is 9.83. The number of rotatable bonds is 2. The highest BCUT2D eigenvalue weighted by Crippen LogP contribution is 2.40. The number of thiophene rings is 1. The summed E-state index contributed by atoms with van der Waals surface area (Å²) in [6.45, 7) is 4.96. The van der Waals surface area contributed by atoms with Crippen molar-refractivity contribution in [3.05, 3.63) is 22.4 Å². The molecule has 17 heavy (non-hydrogen) atoms. The maximum atomic E-state index is 3.52. The lowest BCUT2D eigenvalue weighted by Crippen LogP contribution is -2.53. The van der Waals surface area contributed by atoms with Crippen molar-refractivity contribution in [2.24, 2.45) is 0 Å². The van der Waals surface area contributed by atoms with Crippen LogP contribution in [0.15, 0.2) is 17.5 Å². The van der Waals surface area contributed by atoms with Crippen LogP contribution < -0.4 is 5.32 Å². The molecule has 0 unspecified atom stereocenters. The van der Waals surface area contributed by atoms with Gasteiger partial charge in [-0.05, 0) is 63.3 Å². The van der Waals surface area contributed by atoms with Crippen LogP contribution in [0.4, 0.5) is 0 Å². The van der Waals surface area contributed by atoms with Gasteiger partial charge >= 0.3 is 0 Å². The van der Waals surface area contributed by atoms with Gasteiger partial charge in [-0.15, -0.1) is 11.3 Å². The Balaban J connectivity index is 1.89. The van der Waals surface area contributed by atoms with Gasteiger partial charge in [0.2, 0.25) is 0 Å². The van der Waals surface area contributed by atoms with Gasteiger partial charge < -0.3 is 5.32 Å². The lowest BCUT2D eigenvalue weighted by Gasteiger charge is -2.48. The summed E-state index contributed by atoms with van der Waals surface area (Å²) in [6.07, 6.45) is 6.78. The molecule has 0 radical (unpaired) electrons. The van der Waals surface area contributed by atoms with Crippen molar-refractivity contribution < 1.29 is 0 Å². The molecular formula is C14H22N2S. The quantitative estimate of drug-likeness (QED) is 0.868. The van der Waals surface area contributed by atoms with Gasteiger partial charge in [0.1, 0.15) is 0 Å². The van der Waals surface area contributed by atoms with Crippen LogP contribution in [0.5, 0.6) is 0 Å². The SMILES string of the molecule is c1csc(C2(N3CCCCC3)CCNCC2)c1. The van der Waals surface area contributed by atoms with Crippen LogP contribution in [0.25, 0.3) is 0 Å². The molecule has 0 aliphatic carbocycles. The van der Waals surface area contributed by atoms with Crippen LogP contribution >= 0.6 is 11.3 Å². The summed E-state index contributed by atoms with van der Waals surface area (Å²) in [5.74, 6) is 0. The Morgan fingerprint density at radius 3 is 2.53 bits per heavy atom. The Labute approximate surface area is 108 Å². The molecule has 1 aromatic rings. The summed E-state index contributed by atoms with van der Waals surface area (Å²) in [5, 5.41) is 5.76. The first kappa shape index (κ1) is 11.7. The zero-order chi connectivity index (χ0) is 11.6. The molecule has 0 saturated carbocycles. The van der Waals surface area contributed by atoms with E-state index in [0.29, 0.717) is 5.54 Å². The van der Waals surface area contributed by atoms with Gasteiger partial charge in [0, 0.05) is 4.88 Å². The second kappa shape index (κ2) is 5.09. The molecule has 2 aliphatic heterocycles. The average molecular weight is 250 g/mol. The second-order valence-electron chi connectivity index (χ2n) is 5.31. The molecule has 94 valence electrons. The number of piperidine rings is 2. The first-order chi connectivity index (χ1) is 8.42. The van der Waals surface area contributed by atoms with Crippen LogP contribution in [0.2, 0.25) is 0 Å². The molecule has 2 aliphatic rings. The van der Waals surface area contributed by atoms with Gasteiger partial charge in [0.25, 0.3) is 0 Å². The summed E-state index contributed by atoms with van der Waals surface area (Å²) in [4.78, 5) is 4.38. The van der Waals surface area contributed by atoms with E-state index in [1.807, 2.05) is 11.3 Å². The predicted molar refractivity (Wildman–Crippen MR) is 73.5 cm³/mol. The van der Waals surface area contributed by atoms with Crippen molar-refractivity contribution >= 4 is 11.3 Å². The van der Waals surface area contributed by atoms with Gasteiger partial charge in [0.15, 0.2) is 0 Å². The van der Waals surface area contributed by atoms with E-state index < -0.39 is 0 Å². The minimum Gasteiger partial charge on any atom is -0.317 e. The Morgan fingerprint density at radius 1 is 1.12 bits per heavy atom. The predicted octanol–water partition coefficient (Wildman–Crippen LogP) is 2.81. The third kappa shape index (κ3) is 2.16. The Morgan fingerprint density at radius 2 is 1.88 bits per heavy atom. The minimum absolute atomic E-state index is 0.361. The van der Waals surface area contributed by atoms with Crippen LogP contribution in [-0.2, 0) is 5.54 Å². The third-order valence-corrected chi connectivity index (χ3v) is 5.44. The molecule has 1 N–H and O–H groups in total. The number of hydrogen-bond acceptors (Lipinski definition) is 3. The first-order valence-electron chi connectivity index (χ1n) is 6.92. The van der Waals surface area contributed by atoms with Crippen molar-refractivity contribution in [1.29, 1.82) is 0 Å². The minimum atomic E-state index is 0.361. The van der Waals surface area contributed by atoms with Gasteiger partial charge in [-0.25, -0.2) is 0 Å². The molecule has 2 nitrogen and oxygen atoms in total. The highest BCUT2D eigenvalue weighted by atomic mass is 32.1. The van der Waals surface area contributed by atoms with E-state index in [-0.39, 0.29) is 0 Å². The number of hydrogen-bond donors (Lipinski definition) is 1. The van der Waals surface area contributed by atoms with Crippen LogP contribution in [0.3, 0.4) is 0 Å². The Bertz CT molecular complexity index is 335. The van der Waals surface area contributed by atoms with Crippen molar-refractivity contribution in [2.45, 2.75) is 37.6 Å². The number of nitrogens with zero attached hydrogens (tertiary/aromatic N) is 1. The monoisotopic (exact) mass is 250 g/mol. The van der Waals surface area contributed by atoms with Crippen molar-refractivity contribution in [3.63, 3.8) is 0 Å². The molecule has 2 fully saturated rings. The van der Waals surface area contributed by atoms with E-state index in [1.165, 1.54) is 58.3 Å².